The highest BCUT2D eigenvalue weighted by Crippen LogP contribution is 2.39. The fourth-order valence-corrected chi connectivity index (χ4v) is 2.42. The van der Waals surface area contributed by atoms with E-state index in [0.29, 0.717) is 6.07 Å². The average Bonchev–Trinajstić information content (AvgIpc) is 2.68. The molecule has 1 N–H and O–H groups in total. The molecule has 120 valence electrons. The number of nitrogens with zero attached hydrogens (tertiary/aromatic N) is 1. The molecule has 22 heavy (non-hydrogen) atoms. The lowest BCUT2D eigenvalue weighted by Crippen LogP contribution is -2.07. The third kappa shape index (κ3) is 3.22. The van der Waals surface area contributed by atoms with Gasteiger partial charge in [-0.3, -0.25) is 0 Å². The van der Waals surface area contributed by atoms with Crippen molar-refractivity contribution in [2.45, 2.75) is 12.4 Å². The molecule has 0 spiro atoms. The summed E-state index contributed by atoms with van der Waals surface area (Å²) < 4.78 is 88.5. The van der Waals surface area contributed by atoms with E-state index in [1.807, 2.05) is 0 Å². The van der Waals surface area contributed by atoms with Crippen LogP contribution in [0.25, 0.3) is 11.4 Å². The van der Waals surface area contributed by atoms with Crippen molar-refractivity contribution >= 4 is 27.5 Å². The van der Waals surface area contributed by atoms with Crippen molar-refractivity contribution in [2.24, 2.45) is 0 Å². The molecule has 0 radical (unpaired) electrons. The Morgan fingerprint density at radius 2 is 1.64 bits per heavy atom. The first-order valence-electron chi connectivity index (χ1n) is 5.30. The summed E-state index contributed by atoms with van der Waals surface area (Å²) in [6.45, 7) is 0. The second kappa shape index (κ2) is 5.41. The van der Waals surface area contributed by atoms with Gasteiger partial charge >= 0.3 is 12.4 Å². The van der Waals surface area contributed by atoms with Crippen molar-refractivity contribution in [1.29, 1.82) is 0 Å². The molecule has 0 bridgehead atoms. The van der Waals surface area contributed by atoms with Gasteiger partial charge in [-0.05, 0) is 28.1 Å². The molecule has 2 nitrogen and oxygen atoms in total. The van der Waals surface area contributed by atoms with Crippen LogP contribution >= 0.6 is 27.5 Å². The highest BCUT2D eigenvalue weighted by molar-refractivity contribution is 9.10. The number of H-pyrrole nitrogens is 1. The molecule has 0 amide bonds. The van der Waals surface area contributed by atoms with Crippen LogP contribution in [0.4, 0.5) is 30.7 Å². The van der Waals surface area contributed by atoms with Crippen LogP contribution in [0, 0.1) is 5.82 Å². The van der Waals surface area contributed by atoms with E-state index in [0.717, 1.165) is 0 Å². The number of nitrogens with one attached hydrogen (secondary N) is 1. The lowest BCUT2D eigenvalue weighted by atomic mass is 10.1. The zero-order chi connectivity index (χ0) is 16.9. The number of halogens is 9. The number of hydrogen-bond donors (Lipinski definition) is 1. The zero-order valence-corrected chi connectivity index (χ0v) is 12.3. The van der Waals surface area contributed by atoms with E-state index < -0.39 is 50.4 Å². The van der Waals surface area contributed by atoms with Crippen molar-refractivity contribution in [3.63, 3.8) is 0 Å². The van der Waals surface area contributed by atoms with Crippen molar-refractivity contribution in [3.8, 4) is 11.4 Å². The SMILES string of the molecule is Fc1cc(C(F)(F)F)cc(Cl)c1-c1nc(Br)c(C(F)(F)F)[nH]1. The number of rotatable bonds is 1. The van der Waals surface area contributed by atoms with Gasteiger partial charge in [0.05, 0.1) is 16.1 Å². The Kier molecular flexibility index (Phi) is 4.20. The summed E-state index contributed by atoms with van der Waals surface area (Å²) >= 11 is 8.09. The lowest BCUT2D eigenvalue weighted by molar-refractivity contribution is -0.141. The molecule has 11 heteroatoms. The maximum absolute atomic E-state index is 13.8. The molecule has 0 fully saturated rings. The van der Waals surface area contributed by atoms with Crippen LogP contribution in [0.3, 0.4) is 0 Å². The van der Waals surface area contributed by atoms with Gasteiger partial charge in [0.15, 0.2) is 5.69 Å². The Balaban J connectivity index is 2.60. The summed E-state index contributed by atoms with van der Waals surface area (Å²) in [6.07, 6.45) is -9.65. The first kappa shape index (κ1) is 17.1. The summed E-state index contributed by atoms with van der Waals surface area (Å²) in [5, 5.41) is -0.720. The largest absolute Gasteiger partial charge is 0.433 e. The van der Waals surface area contributed by atoms with Gasteiger partial charge in [-0.1, -0.05) is 11.6 Å². The van der Waals surface area contributed by atoms with Gasteiger partial charge in [-0.25, -0.2) is 9.37 Å². The topological polar surface area (TPSA) is 28.7 Å². The van der Waals surface area contributed by atoms with Gasteiger partial charge < -0.3 is 4.98 Å². The molecular weight excluding hydrogens is 408 g/mol. The monoisotopic (exact) mass is 410 g/mol. The van der Waals surface area contributed by atoms with E-state index in [4.69, 9.17) is 11.6 Å². The summed E-state index contributed by atoms with van der Waals surface area (Å²) in [5.41, 5.74) is -3.36. The van der Waals surface area contributed by atoms with Gasteiger partial charge in [-0.2, -0.15) is 26.3 Å². The Morgan fingerprint density at radius 3 is 2.05 bits per heavy atom. The first-order valence-corrected chi connectivity index (χ1v) is 6.47. The molecule has 1 aromatic heterocycles. The molecule has 0 aliphatic heterocycles. The van der Waals surface area contributed by atoms with Crippen molar-refractivity contribution in [1.82, 2.24) is 9.97 Å². The zero-order valence-electron chi connectivity index (χ0n) is 10.0. The Hall–Kier alpha value is -1.29. The molecule has 0 saturated heterocycles. The van der Waals surface area contributed by atoms with E-state index in [-0.39, 0.29) is 6.07 Å². The van der Waals surface area contributed by atoms with Crippen LogP contribution in [0.2, 0.25) is 5.02 Å². The predicted molar refractivity (Wildman–Crippen MR) is 66.7 cm³/mol. The van der Waals surface area contributed by atoms with Crippen LogP contribution in [0.15, 0.2) is 16.7 Å². The average molecular weight is 412 g/mol. The number of benzene rings is 1. The summed E-state index contributed by atoms with van der Waals surface area (Å²) in [5.74, 6) is -2.09. The second-order valence-corrected chi connectivity index (χ2v) is 5.22. The molecule has 0 atom stereocenters. The van der Waals surface area contributed by atoms with Gasteiger partial charge in [0.2, 0.25) is 0 Å². The highest BCUT2D eigenvalue weighted by atomic mass is 79.9. The number of hydrogen-bond acceptors (Lipinski definition) is 1. The third-order valence-electron chi connectivity index (χ3n) is 2.55. The van der Waals surface area contributed by atoms with E-state index in [9.17, 15) is 30.7 Å². The predicted octanol–water partition coefficient (Wildman–Crippen LogP) is 5.67. The molecule has 1 heterocycles. The summed E-state index contributed by atoms with van der Waals surface area (Å²) in [6, 6.07) is 0.536. The van der Waals surface area contributed by atoms with Crippen molar-refractivity contribution in [3.05, 3.63) is 38.8 Å². The quantitative estimate of drug-likeness (QED) is 0.602. The highest BCUT2D eigenvalue weighted by Gasteiger charge is 2.37. The number of aromatic nitrogens is 2. The number of imidazole rings is 1. The number of alkyl halides is 6. The molecule has 0 unspecified atom stereocenters. The van der Waals surface area contributed by atoms with E-state index in [1.54, 1.807) is 4.98 Å². The van der Waals surface area contributed by atoms with E-state index in [1.165, 1.54) is 0 Å². The van der Waals surface area contributed by atoms with Gasteiger partial charge in [0.1, 0.15) is 16.2 Å². The fraction of sp³-hybridized carbons (Fsp3) is 0.182. The van der Waals surface area contributed by atoms with Crippen molar-refractivity contribution in [2.75, 3.05) is 0 Å². The summed E-state index contributed by atoms with van der Waals surface area (Å²) in [4.78, 5) is 5.19. The molecule has 2 rings (SSSR count). The lowest BCUT2D eigenvalue weighted by Gasteiger charge is -2.10. The smallest absolute Gasteiger partial charge is 0.333 e. The van der Waals surface area contributed by atoms with Gasteiger partial charge in [0.25, 0.3) is 0 Å². The number of aromatic amines is 1. The van der Waals surface area contributed by atoms with Crippen LogP contribution in [0.1, 0.15) is 11.3 Å². The van der Waals surface area contributed by atoms with Crippen LogP contribution < -0.4 is 0 Å². The molecule has 0 saturated carbocycles. The minimum absolute atomic E-state index is 0.130. The first-order chi connectivity index (χ1) is 9.91. The van der Waals surface area contributed by atoms with Crippen LogP contribution in [0.5, 0.6) is 0 Å². The summed E-state index contributed by atoms with van der Waals surface area (Å²) in [7, 11) is 0. The molecule has 1 aromatic carbocycles. The normalized spacial score (nSPS) is 12.8. The molecule has 0 aliphatic carbocycles. The fourth-order valence-electron chi connectivity index (χ4n) is 1.62. The molecule has 0 aliphatic rings. The maximum atomic E-state index is 13.8. The van der Waals surface area contributed by atoms with Crippen molar-refractivity contribution < 1.29 is 30.7 Å². The van der Waals surface area contributed by atoms with Gasteiger partial charge in [0, 0.05) is 0 Å². The Bertz CT molecular complexity index is 697. The minimum Gasteiger partial charge on any atom is -0.333 e. The maximum Gasteiger partial charge on any atom is 0.433 e. The third-order valence-corrected chi connectivity index (χ3v) is 3.42. The van der Waals surface area contributed by atoms with Crippen LogP contribution in [-0.4, -0.2) is 9.97 Å². The standard InChI is InChI=1S/C11H3BrClF7N2/c12-8-7(11(18,19)20)21-9(22-8)6-4(13)1-3(2-5(6)14)10(15,16)17/h1-2H,(H,21,22). The minimum atomic E-state index is -4.84. The van der Waals surface area contributed by atoms with E-state index in [2.05, 4.69) is 20.9 Å². The molecular formula is C11H3BrClF7N2. The van der Waals surface area contributed by atoms with Gasteiger partial charge in [-0.15, -0.1) is 0 Å². The van der Waals surface area contributed by atoms with Crippen LogP contribution in [-0.2, 0) is 12.4 Å². The second-order valence-electron chi connectivity index (χ2n) is 4.06. The Morgan fingerprint density at radius 1 is 1.05 bits per heavy atom. The molecule has 2 aromatic rings. The Labute approximate surface area is 131 Å². The van der Waals surface area contributed by atoms with E-state index >= 15 is 0 Å².